The zero-order chi connectivity index (χ0) is 40.2. The number of rotatable bonds is 13. The van der Waals surface area contributed by atoms with E-state index in [1.165, 1.54) is 0 Å². The number of aliphatic hydroxyl groups excluding tert-OH is 2. The number of aliphatic carboxylic acids is 1. The molecule has 1 atom stereocenters. The van der Waals surface area contributed by atoms with Crippen LogP contribution in [0.25, 0.3) is 11.1 Å². The van der Waals surface area contributed by atoms with Crippen LogP contribution in [0.1, 0.15) is 88.1 Å². The largest absolute Gasteiger partial charge is 0.481 e. The zero-order valence-corrected chi connectivity index (χ0v) is 33.9. The number of Topliss-reactive ketones (excluding diaryl/α,β-unsaturated/α-hetero) is 1. The standard InChI is InChI=1S/C42H49Cl2N7O6/c1-48-32-10-17-51(20-26(53)23-52)22-31(32)45-37(48)34(54)19-25-5-3-6-27(35(25)43)28-7-4-8-29(36(28)44)47-39(55)38-46-30-21-50(16-9-33(30)49(38)2)18-15-41-11-13-42(24-41,14-12-41)40(56)57/h3-8,26,52-53H,9-24H2,1-2H3,(H,47,55)(H,56,57)/t26-,41?,42?/m0/s1. The molecule has 4 heterocycles. The van der Waals surface area contributed by atoms with Crippen molar-refractivity contribution in [1.29, 1.82) is 0 Å². The van der Waals surface area contributed by atoms with Gasteiger partial charge in [-0.15, -0.1) is 0 Å². The van der Waals surface area contributed by atoms with Gasteiger partial charge in [0.05, 0.1) is 45.2 Å². The van der Waals surface area contributed by atoms with E-state index in [4.69, 9.17) is 28.2 Å². The molecular formula is C42H49Cl2N7O6. The molecule has 0 unspecified atom stereocenters. The van der Waals surface area contributed by atoms with Crippen molar-refractivity contribution in [1.82, 2.24) is 28.9 Å². The Kier molecular flexibility index (Phi) is 10.8. The van der Waals surface area contributed by atoms with Crippen molar-refractivity contribution in [3.63, 3.8) is 0 Å². The number of nitrogens with one attached hydrogen (secondary N) is 1. The first-order valence-electron chi connectivity index (χ1n) is 19.8. The second-order valence-corrected chi connectivity index (χ2v) is 17.4. The number of nitrogens with zero attached hydrogens (tertiary/aromatic N) is 6. The number of imidazole rings is 2. The minimum atomic E-state index is -0.833. The van der Waals surface area contributed by atoms with Crippen LogP contribution in [-0.2, 0) is 51.2 Å². The monoisotopic (exact) mass is 817 g/mol. The summed E-state index contributed by atoms with van der Waals surface area (Å²) in [5.41, 5.74) is 5.54. The maximum atomic E-state index is 13.8. The van der Waals surface area contributed by atoms with Gasteiger partial charge in [0.15, 0.2) is 11.6 Å². The van der Waals surface area contributed by atoms with Crippen LogP contribution >= 0.6 is 23.2 Å². The summed E-state index contributed by atoms with van der Waals surface area (Å²) in [6.45, 7) is 3.57. The summed E-state index contributed by atoms with van der Waals surface area (Å²) in [6.07, 6.45) is 5.95. The van der Waals surface area contributed by atoms with Crippen molar-refractivity contribution < 1.29 is 29.7 Å². The van der Waals surface area contributed by atoms with Gasteiger partial charge in [-0.1, -0.05) is 53.5 Å². The highest BCUT2D eigenvalue weighted by molar-refractivity contribution is 6.39. The SMILES string of the molecule is Cn1c(C(=O)Cc2cccc(-c3cccc(NC(=O)c4nc5c(n4C)CCN(CCC46CCC(C(=O)O)(CC4)C6)C5)c3Cl)c2Cl)nc2c1CCN(C[C@H](O)CO)C2. The second kappa shape index (κ2) is 15.6. The summed E-state index contributed by atoms with van der Waals surface area (Å²) in [7, 11) is 3.70. The van der Waals surface area contributed by atoms with Crippen molar-refractivity contribution in [2.45, 2.75) is 77.0 Å². The number of benzene rings is 2. The predicted octanol–water partition coefficient (Wildman–Crippen LogP) is 5.30. The van der Waals surface area contributed by atoms with Crippen LogP contribution in [0, 0.1) is 10.8 Å². The Balaban J connectivity index is 0.934. The van der Waals surface area contributed by atoms with E-state index in [0.29, 0.717) is 76.7 Å². The Morgan fingerprint density at radius 2 is 1.47 bits per heavy atom. The summed E-state index contributed by atoms with van der Waals surface area (Å²) >= 11 is 14.0. The number of β-amino-alcohol motifs (C(OH)–C–C–N with tert-alkyl or cyclic N) is 1. The van der Waals surface area contributed by atoms with E-state index in [2.05, 4.69) is 15.2 Å². The highest BCUT2D eigenvalue weighted by Gasteiger charge is 2.57. The van der Waals surface area contributed by atoms with E-state index in [1.807, 2.05) is 46.3 Å². The molecule has 0 spiro atoms. The van der Waals surface area contributed by atoms with E-state index in [1.54, 1.807) is 18.2 Å². The number of carboxylic acid groups (broad SMARTS) is 1. The normalized spacial score (nSPS) is 22.4. The van der Waals surface area contributed by atoms with Gasteiger partial charge >= 0.3 is 5.97 Å². The number of carbonyl (C=O) groups is 3. The fourth-order valence-corrected chi connectivity index (χ4v) is 10.4. The molecule has 0 saturated heterocycles. The van der Waals surface area contributed by atoms with Crippen LogP contribution in [0.15, 0.2) is 36.4 Å². The van der Waals surface area contributed by atoms with Crippen molar-refractivity contribution in [3.8, 4) is 11.1 Å². The van der Waals surface area contributed by atoms with Crippen LogP contribution in [0.3, 0.4) is 0 Å². The minimum Gasteiger partial charge on any atom is -0.481 e. The third-order valence-corrected chi connectivity index (χ3v) is 14.0. The molecule has 0 radical (unpaired) electrons. The van der Waals surface area contributed by atoms with Gasteiger partial charge in [0, 0.05) is 88.6 Å². The molecule has 2 fully saturated rings. The highest BCUT2D eigenvalue weighted by atomic mass is 35.5. The molecule has 2 aliphatic heterocycles. The molecule has 2 aromatic heterocycles. The maximum absolute atomic E-state index is 13.8. The number of halogens is 2. The number of ketones is 1. The van der Waals surface area contributed by atoms with Crippen molar-refractivity contribution >= 4 is 46.5 Å². The van der Waals surface area contributed by atoms with Gasteiger partial charge in [-0.25, -0.2) is 9.97 Å². The lowest BCUT2D eigenvalue weighted by atomic mass is 9.80. The summed E-state index contributed by atoms with van der Waals surface area (Å²) in [4.78, 5) is 53.2. The molecule has 4 aliphatic rings. The van der Waals surface area contributed by atoms with Gasteiger partial charge in [-0.2, -0.15) is 0 Å². The van der Waals surface area contributed by atoms with Crippen molar-refractivity contribution in [3.05, 3.63) is 86.4 Å². The number of anilines is 1. The summed E-state index contributed by atoms with van der Waals surface area (Å²) in [5, 5.41) is 32.6. The smallest absolute Gasteiger partial charge is 0.309 e. The Morgan fingerprint density at radius 3 is 2.14 bits per heavy atom. The van der Waals surface area contributed by atoms with Gasteiger partial charge < -0.3 is 29.8 Å². The predicted molar refractivity (Wildman–Crippen MR) is 216 cm³/mol. The van der Waals surface area contributed by atoms with Gasteiger partial charge in [-0.05, 0) is 62.1 Å². The minimum absolute atomic E-state index is 0.0188. The van der Waals surface area contributed by atoms with Gasteiger partial charge in [-0.3, -0.25) is 24.2 Å². The summed E-state index contributed by atoms with van der Waals surface area (Å²) in [6, 6.07) is 10.8. The van der Waals surface area contributed by atoms with Gasteiger partial charge in [0.1, 0.15) is 0 Å². The van der Waals surface area contributed by atoms with Crippen LogP contribution in [0.2, 0.25) is 10.0 Å². The first-order valence-corrected chi connectivity index (χ1v) is 20.5. The number of aromatic nitrogens is 4. The first-order chi connectivity index (χ1) is 27.3. The number of carbonyl (C=O) groups excluding carboxylic acids is 2. The van der Waals surface area contributed by atoms with Crippen LogP contribution in [0.4, 0.5) is 5.69 Å². The molecule has 57 heavy (non-hydrogen) atoms. The molecule has 8 rings (SSSR count). The number of amides is 1. The Morgan fingerprint density at radius 1 is 0.860 bits per heavy atom. The number of carboxylic acids is 1. The van der Waals surface area contributed by atoms with Crippen LogP contribution < -0.4 is 5.32 Å². The Bertz CT molecular complexity index is 2240. The van der Waals surface area contributed by atoms with E-state index in [9.17, 15) is 29.7 Å². The Labute approximate surface area is 341 Å². The molecule has 4 aromatic rings. The molecule has 1 amide bonds. The third-order valence-electron chi connectivity index (χ3n) is 13.2. The quantitative estimate of drug-likeness (QED) is 0.130. The summed E-state index contributed by atoms with van der Waals surface area (Å²) < 4.78 is 3.70. The molecule has 2 saturated carbocycles. The number of fused-ring (bicyclic) bond motifs is 4. The van der Waals surface area contributed by atoms with E-state index >= 15 is 0 Å². The molecule has 15 heteroatoms. The van der Waals surface area contributed by atoms with Crippen LogP contribution in [-0.4, -0.2) is 101 Å². The number of aliphatic hydroxyl groups is 2. The van der Waals surface area contributed by atoms with E-state index in [-0.39, 0.29) is 30.1 Å². The molecular weight excluding hydrogens is 769 g/mol. The van der Waals surface area contributed by atoms with Crippen molar-refractivity contribution in [2.75, 3.05) is 38.1 Å². The Hall–Kier alpha value is -4.11. The van der Waals surface area contributed by atoms with Gasteiger partial charge in [0.2, 0.25) is 5.78 Å². The molecule has 2 aliphatic carbocycles. The molecule has 302 valence electrons. The molecule has 13 nitrogen and oxygen atoms in total. The number of hydrogen-bond donors (Lipinski definition) is 4. The second-order valence-electron chi connectivity index (χ2n) is 16.6. The lowest BCUT2D eigenvalue weighted by molar-refractivity contribution is -0.148. The highest BCUT2D eigenvalue weighted by Crippen LogP contribution is 2.63. The van der Waals surface area contributed by atoms with Crippen LogP contribution in [0.5, 0.6) is 0 Å². The van der Waals surface area contributed by atoms with E-state index < -0.39 is 17.5 Å². The average molecular weight is 819 g/mol. The maximum Gasteiger partial charge on any atom is 0.309 e. The fourth-order valence-electron chi connectivity index (χ4n) is 9.86. The zero-order valence-electron chi connectivity index (χ0n) is 32.4. The molecule has 2 bridgehead atoms. The van der Waals surface area contributed by atoms with Gasteiger partial charge in [0.25, 0.3) is 5.91 Å². The molecule has 4 N–H and O–H groups in total. The lowest BCUT2D eigenvalue weighted by Gasteiger charge is -2.32. The first kappa shape index (κ1) is 39.7. The lowest BCUT2D eigenvalue weighted by Crippen LogP contribution is -2.38. The third kappa shape index (κ3) is 7.42. The van der Waals surface area contributed by atoms with Crippen molar-refractivity contribution in [2.24, 2.45) is 24.9 Å². The molecule has 2 aromatic carbocycles. The average Bonchev–Trinajstić information content (AvgIpc) is 3.96. The summed E-state index contributed by atoms with van der Waals surface area (Å²) in [5.74, 6) is -0.566. The van der Waals surface area contributed by atoms with E-state index in [0.717, 1.165) is 80.8 Å². The number of hydrogen-bond acceptors (Lipinski definition) is 9. The topological polar surface area (TPSA) is 166 Å². The fraction of sp³-hybridized carbons (Fsp3) is 0.500.